The van der Waals surface area contributed by atoms with Gasteiger partial charge in [0.1, 0.15) is 5.54 Å². The van der Waals surface area contributed by atoms with Gasteiger partial charge in [0.2, 0.25) is 0 Å². The van der Waals surface area contributed by atoms with Gasteiger partial charge < -0.3 is 4.74 Å². The average Bonchev–Trinajstić information content (AvgIpc) is 2.22. The van der Waals surface area contributed by atoms with E-state index in [2.05, 4.69) is 11.4 Å². The van der Waals surface area contributed by atoms with Crippen molar-refractivity contribution in [3.63, 3.8) is 0 Å². The van der Waals surface area contributed by atoms with E-state index in [1.807, 2.05) is 0 Å². The normalized spacial score (nSPS) is 23.2. The summed E-state index contributed by atoms with van der Waals surface area (Å²) in [5, 5.41) is 12.1. The van der Waals surface area contributed by atoms with Crippen molar-refractivity contribution in [2.45, 2.75) is 18.4 Å². The second-order valence-electron chi connectivity index (χ2n) is 3.77. The third-order valence-electron chi connectivity index (χ3n) is 2.66. The van der Waals surface area contributed by atoms with Crippen LogP contribution in [0, 0.1) is 11.3 Å². The Labute approximate surface area is 90.3 Å². The van der Waals surface area contributed by atoms with Crippen molar-refractivity contribution in [1.82, 2.24) is 5.32 Å². The maximum Gasteiger partial charge on any atom is 0.150 e. The van der Waals surface area contributed by atoms with Crippen molar-refractivity contribution in [1.29, 1.82) is 5.26 Å². The van der Waals surface area contributed by atoms with Crippen molar-refractivity contribution in [3.05, 3.63) is 0 Å². The predicted molar refractivity (Wildman–Crippen MR) is 56.1 cm³/mol. The number of ether oxygens (including phenoxy) is 1. The van der Waals surface area contributed by atoms with E-state index in [-0.39, 0.29) is 11.5 Å². The second kappa shape index (κ2) is 4.92. The minimum atomic E-state index is -2.92. The lowest BCUT2D eigenvalue weighted by Crippen LogP contribution is -2.50. The molecule has 1 rings (SSSR count). The number of nitriles is 1. The smallest absolute Gasteiger partial charge is 0.150 e. The number of nitrogens with zero attached hydrogens (tertiary/aromatic N) is 1. The molecule has 0 saturated carbocycles. The number of rotatable bonds is 4. The van der Waals surface area contributed by atoms with Gasteiger partial charge in [-0.15, -0.1) is 0 Å². The van der Waals surface area contributed by atoms with Gasteiger partial charge in [-0.1, -0.05) is 0 Å². The summed E-state index contributed by atoms with van der Waals surface area (Å²) in [5.41, 5.74) is -0.677. The molecule has 0 radical (unpaired) electrons. The third kappa shape index (κ3) is 3.45. The summed E-state index contributed by atoms with van der Waals surface area (Å²) >= 11 is 0. The van der Waals surface area contributed by atoms with Crippen LogP contribution < -0.4 is 5.32 Å². The largest absolute Gasteiger partial charge is 0.383 e. The van der Waals surface area contributed by atoms with Crippen LogP contribution in [0.15, 0.2) is 0 Å². The molecule has 1 heterocycles. The summed E-state index contributed by atoms with van der Waals surface area (Å²) < 4.78 is 27.3. The summed E-state index contributed by atoms with van der Waals surface area (Å²) in [6.45, 7) is 1.10. The summed E-state index contributed by atoms with van der Waals surface area (Å²) in [6, 6.07) is 2.18. The first-order valence-corrected chi connectivity index (χ1v) is 6.71. The van der Waals surface area contributed by atoms with E-state index < -0.39 is 15.4 Å². The topological polar surface area (TPSA) is 79.2 Å². The zero-order chi connectivity index (χ0) is 11.4. The van der Waals surface area contributed by atoms with Gasteiger partial charge in [0.15, 0.2) is 9.84 Å². The molecule has 0 bridgehead atoms. The van der Waals surface area contributed by atoms with Crippen LogP contribution in [0.25, 0.3) is 0 Å². The second-order valence-corrected chi connectivity index (χ2v) is 6.07. The molecule has 15 heavy (non-hydrogen) atoms. The number of hydrogen-bond donors (Lipinski definition) is 1. The van der Waals surface area contributed by atoms with Gasteiger partial charge in [-0.25, -0.2) is 8.42 Å². The molecule has 1 N–H and O–H groups in total. The maximum atomic E-state index is 11.2. The van der Waals surface area contributed by atoms with Gasteiger partial charge in [-0.05, 0) is 12.8 Å². The molecule has 1 fully saturated rings. The van der Waals surface area contributed by atoms with E-state index >= 15 is 0 Å². The zero-order valence-electron chi connectivity index (χ0n) is 8.82. The van der Waals surface area contributed by atoms with Gasteiger partial charge in [0, 0.05) is 13.7 Å². The highest BCUT2D eigenvalue weighted by atomic mass is 32.2. The standard InChI is InChI=1S/C9H16N2O3S/c1-14-5-4-11-9(8-10)2-6-15(12,13)7-3-9/h11H,2-7H2,1H3. The van der Waals surface area contributed by atoms with Gasteiger partial charge >= 0.3 is 0 Å². The van der Waals surface area contributed by atoms with Crippen molar-refractivity contribution in [2.24, 2.45) is 0 Å². The molecule has 1 aliphatic rings. The fourth-order valence-electron chi connectivity index (χ4n) is 1.61. The molecule has 0 aliphatic carbocycles. The predicted octanol–water partition coefficient (Wildman–Crippen LogP) is -0.307. The molecule has 0 unspecified atom stereocenters. The summed E-state index contributed by atoms with van der Waals surface area (Å²) in [5.74, 6) is 0.196. The SMILES string of the molecule is COCCNC1(C#N)CCS(=O)(=O)CC1. The Morgan fingerprint density at radius 2 is 2.07 bits per heavy atom. The molecular formula is C9H16N2O3S. The van der Waals surface area contributed by atoms with Crippen LogP contribution in [0.4, 0.5) is 0 Å². The van der Waals surface area contributed by atoms with Gasteiger partial charge in [-0.3, -0.25) is 5.32 Å². The molecule has 1 aliphatic heterocycles. The molecule has 86 valence electrons. The average molecular weight is 232 g/mol. The van der Waals surface area contributed by atoms with Crippen molar-refractivity contribution in [2.75, 3.05) is 31.8 Å². The Hall–Kier alpha value is -0.640. The zero-order valence-corrected chi connectivity index (χ0v) is 9.64. The monoisotopic (exact) mass is 232 g/mol. The quantitative estimate of drug-likeness (QED) is 0.673. The van der Waals surface area contributed by atoms with E-state index in [1.165, 1.54) is 0 Å². The number of sulfone groups is 1. The Morgan fingerprint density at radius 3 is 2.53 bits per heavy atom. The molecule has 5 nitrogen and oxygen atoms in total. The Kier molecular flexibility index (Phi) is 4.08. The molecule has 0 spiro atoms. The minimum Gasteiger partial charge on any atom is -0.383 e. The number of nitrogens with one attached hydrogen (secondary N) is 1. The highest BCUT2D eigenvalue weighted by Gasteiger charge is 2.36. The van der Waals surface area contributed by atoms with Crippen molar-refractivity contribution < 1.29 is 13.2 Å². The van der Waals surface area contributed by atoms with Gasteiger partial charge in [0.05, 0.1) is 24.2 Å². The Morgan fingerprint density at radius 1 is 1.47 bits per heavy atom. The molecule has 0 aromatic heterocycles. The molecular weight excluding hydrogens is 216 g/mol. The molecule has 0 aromatic rings. The van der Waals surface area contributed by atoms with E-state index in [9.17, 15) is 8.42 Å². The van der Waals surface area contributed by atoms with Crippen LogP contribution >= 0.6 is 0 Å². The van der Waals surface area contributed by atoms with E-state index in [1.54, 1.807) is 7.11 Å². The van der Waals surface area contributed by atoms with Gasteiger partial charge in [0.25, 0.3) is 0 Å². The molecule has 0 atom stereocenters. The number of hydrogen-bond acceptors (Lipinski definition) is 5. The summed E-state index contributed by atoms with van der Waals surface area (Å²) in [4.78, 5) is 0. The van der Waals surface area contributed by atoms with Crippen molar-refractivity contribution >= 4 is 9.84 Å². The Bertz CT molecular complexity index is 331. The lowest BCUT2D eigenvalue weighted by molar-refractivity contribution is 0.189. The fourth-order valence-corrected chi connectivity index (χ4v) is 3.13. The molecule has 1 saturated heterocycles. The lowest BCUT2D eigenvalue weighted by Gasteiger charge is -2.31. The van der Waals surface area contributed by atoms with Crippen LogP contribution in [-0.2, 0) is 14.6 Å². The van der Waals surface area contributed by atoms with E-state index in [4.69, 9.17) is 10.00 Å². The first-order valence-electron chi connectivity index (χ1n) is 4.89. The van der Waals surface area contributed by atoms with Crippen LogP contribution in [0.2, 0.25) is 0 Å². The van der Waals surface area contributed by atoms with Crippen LogP contribution in [0.1, 0.15) is 12.8 Å². The minimum absolute atomic E-state index is 0.0978. The maximum absolute atomic E-state index is 11.2. The first-order chi connectivity index (χ1) is 7.04. The fraction of sp³-hybridized carbons (Fsp3) is 0.889. The first kappa shape index (κ1) is 12.4. The molecule has 0 aromatic carbocycles. The highest BCUT2D eigenvalue weighted by Crippen LogP contribution is 2.22. The highest BCUT2D eigenvalue weighted by molar-refractivity contribution is 7.91. The number of methoxy groups -OCH3 is 1. The summed E-state index contributed by atoms with van der Waals surface area (Å²) in [6.07, 6.45) is 0.741. The lowest BCUT2D eigenvalue weighted by atomic mass is 9.94. The summed E-state index contributed by atoms with van der Waals surface area (Å²) in [7, 11) is -1.33. The van der Waals surface area contributed by atoms with E-state index in [0.717, 1.165) is 0 Å². The molecule has 6 heteroatoms. The third-order valence-corrected chi connectivity index (χ3v) is 4.32. The van der Waals surface area contributed by atoms with Gasteiger partial charge in [-0.2, -0.15) is 5.26 Å². The van der Waals surface area contributed by atoms with E-state index in [0.29, 0.717) is 26.0 Å². The van der Waals surface area contributed by atoms with Crippen LogP contribution in [0.5, 0.6) is 0 Å². The van der Waals surface area contributed by atoms with Crippen molar-refractivity contribution in [3.8, 4) is 6.07 Å². The molecule has 0 amide bonds. The van der Waals surface area contributed by atoms with Crippen LogP contribution in [0.3, 0.4) is 0 Å². The Balaban J connectivity index is 2.53. The van der Waals surface area contributed by atoms with Crippen LogP contribution in [-0.4, -0.2) is 45.7 Å².